The maximum Gasteiger partial charge on any atom is 0.285 e. The molecular weight excluding hydrogens is 298 g/mol. The first-order chi connectivity index (χ1) is 10.9. The quantitative estimate of drug-likeness (QED) is 0.677. The van der Waals surface area contributed by atoms with E-state index >= 15 is 0 Å². The van der Waals surface area contributed by atoms with Gasteiger partial charge in [-0.1, -0.05) is 19.1 Å². The first-order valence-electron chi connectivity index (χ1n) is 7.18. The van der Waals surface area contributed by atoms with Crippen LogP contribution < -0.4 is 10.9 Å². The summed E-state index contributed by atoms with van der Waals surface area (Å²) in [6.07, 6.45) is 1.97. The van der Waals surface area contributed by atoms with Gasteiger partial charge in [-0.2, -0.15) is 0 Å². The number of nitro groups is 1. The van der Waals surface area contributed by atoms with Gasteiger partial charge in [0.2, 0.25) is 5.91 Å². The average molecular weight is 315 g/mol. The van der Waals surface area contributed by atoms with Crippen molar-refractivity contribution in [1.29, 1.82) is 0 Å². The first-order valence-corrected chi connectivity index (χ1v) is 7.18. The second-order valence-corrected chi connectivity index (χ2v) is 5.11. The minimum atomic E-state index is -0.867. The molecule has 1 aromatic heterocycles. The summed E-state index contributed by atoms with van der Waals surface area (Å²) in [4.78, 5) is 34.3. The number of carbonyl (C=O) groups is 1. The van der Waals surface area contributed by atoms with Crippen molar-refractivity contribution in [3.8, 4) is 0 Å². The van der Waals surface area contributed by atoms with Gasteiger partial charge in [0.25, 0.3) is 11.2 Å². The Balaban J connectivity index is 2.20. The lowest BCUT2D eigenvalue weighted by molar-refractivity contribution is -0.385. The number of nitrogens with zero attached hydrogens (tertiary/aromatic N) is 2. The van der Waals surface area contributed by atoms with E-state index in [1.165, 1.54) is 6.92 Å². The number of anilines is 1. The highest BCUT2D eigenvalue weighted by Crippen LogP contribution is 2.15. The lowest BCUT2D eigenvalue weighted by Crippen LogP contribution is -2.31. The Hall–Kier alpha value is -2.96. The highest BCUT2D eigenvalue weighted by Gasteiger charge is 2.18. The number of aromatic nitrogens is 1. The van der Waals surface area contributed by atoms with E-state index in [1.54, 1.807) is 12.1 Å². The first kappa shape index (κ1) is 16.4. The normalized spacial score (nSPS) is 11.7. The third-order valence-corrected chi connectivity index (χ3v) is 3.56. The molecule has 120 valence electrons. The minimum absolute atomic E-state index is 0.239. The Kier molecular flexibility index (Phi) is 4.90. The zero-order valence-electron chi connectivity index (χ0n) is 12.9. The van der Waals surface area contributed by atoms with Crippen molar-refractivity contribution in [2.45, 2.75) is 26.3 Å². The summed E-state index contributed by atoms with van der Waals surface area (Å²) in [6.45, 7) is 3.55. The topological polar surface area (TPSA) is 94.2 Å². The number of benzene rings is 1. The van der Waals surface area contributed by atoms with Crippen LogP contribution in [0, 0.1) is 10.1 Å². The molecule has 1 amide bonds. The molecule has 1 atom stereocenters. The van der Waals surface area contributed by atoms with Gasteiger partial charge in [0.05, 0.1) is 11.1 Å². The summed E-state index contributed by atoms with van der Waals surface area (Å²) in [5, 5.41) is 13.5. The fourth-order valence-electron chi connectivity index (χ4n) is 2.10. The second kappa shape index (κ2) is 6.87. The van der Waals surface area contributed by atoms with E-state index in [9.17, 15) is 19.7 Å². The van der Waals surface area contributed by atoms with Crippen molar-refractivity contribution in [3.63, 3.8) is 0 Å². The molecule has 0 fully saturated rings. The van der Waals surface area contributed by atoms with Crippen LogP contribution in [-0.4, -0.2) is 15.4 Å². The van der Waals surface area contributed by atoms with E-state index in [-0.39, 0.29) is 5.69 Å². The van der Waals surface area contributed by atoms with Crippen molar-refractivity contribution in [1.82, 2.24) is 4.57 Å². The SMILES string of the molecule is CCc1ccc(NC(=O)C(C)n2cc([N+](=O)[O-])ccc2=O)cc1. The molecule has 1 aromatic carbocycles. The molecule has 2 aromatic rings. The summed E-state index contributed by atoms with van der Waals surface area (Å²) >= 11 is 0. The van der Waals surface area contributed by atoms with E-state index in [1.807, 2.05) is 19.1 Å². The molecule has 0 saturated heterocycles. The molecule has 7 heteroatoms. The summed E-state index contributed by atoms with van der Waals surface area (Å²) in [5.41, 5.74) is 1.04. The second-order valence-electron chi connectivity index (χ2n) is 5.11. The van der Waals surface area contributed by atoms with Crippen molar-refractivity contribution in [3.05, 3.63) is 68.6 Å². The molecule has 23 heavy (non-hydrogen) atoms. The Bertz CT molecular complexity index is 781. The Morgan fingerprint density at radius 3 is 2.48 bits per heavy atom. The van der Waals surface area contributed by atoms with Crippen LogP contribution in [0.1, 0.15) is 25.5 Å². The fourth-order valence-corrected chi connectivity index (χ4v) is 2.10. The largest absolute Gasteiger partial charge is 0.324 e. The maximum atomic E-state index is 12.3. The van der Waals surface area contributed by atoms with E-state index in [0.29, 0.717) is 5.69 Å². The van der Waals surface area contributed by atoms with Crippen LogP contribution >= 0.6 is 0 Å². The van der Waals surface area contributed by atoms with Gasteiger partial charge in [-0.25, -0.2) is 0 Å². The predicted molar refractivity (Wildman–Crippen MR) is 86.5 cm³/mol. The number of amides is 1. The minimum Gasteiger partial charge on any atom is -0.324 e. The van der Waals surface area contributed by atoms with E-state index in [0.717, 1.165) is 34.9 Å². The van der Waals surface area contributed by atoms with Crippen molar-refractivity contribution < 1.29 is 9.72 Å². The molecule has 0 aliphatic carbocycles. The van der Waals surface area contributed by atoms with E-state index < -0.39 is 22.4 Å². The lowest BCUT2D eigenvalue weighted by atomic mass is 10.1. The third-order valence-electron chi connectivity index (χ3n) is 3.56. The van der Waals surface area contributed by atoms with Gasteiger partial charge in [0, 0.05) is 17.8 Å². The summed E-state index contributed by atoms with van der Waals surface area (Å²) < 4.78 is 1.05. The summed E-state index contributed by atoms with van der Waals surface area (Å²) in [7, 11) is 0. The molecule has 0 radical (unpaired) electrons. The number of hydrogen-bond donors (Lipinski definition) is 1. The highest BCUT2D eigenvalue weighted by molar-refractivity contribution is 5.93. The highest BCUT2D eigenvalue weighted by atomic mass is 16.6. The van der Waals surface area contributed by atoms with Crippen molar-refractivity contribution in [2.75, 3.05) is 5.32 Å². The summed E-state index contributed by atoms with van der Waals surface area (Å²) in [6, 6.07) is 8.69. The van der Waals surface area contributed by atoms with E-state index in [2.05, 4.69) is 5.32 Å². The van der Waals surface area contributed by atoms with Crippen LogP contribution in [0.4, 0.5) is 11.4 Å². The summed E-state index contributed by atoms with van der Waals surface area (Å²) in [5.74, 6) is -0.420. The number of pyridine rings is 1. The molecule has 1 N–H and O–H groups in total. The number of carbonyl (C=O) groups excluding carboxylic acids is 1. The predicted octanol–water partition coefficient (Wildman–Crippen LogP) is 2.52. The van der Waals surface area contributed by atoms with Crippen LogP contribution in [0.5, 0.6) is 0 Å². The molecule has 2 rings (SSSR count). The molecule has 0 aliphatic heterocycles. The number of hydrogen-bond acceptors (Lipinski definition) is 4. The van der Waals surface area contributed by atoms with Gasteiger partial charge in [-0.15, -0.1) is 0 Å². The van der Waals surface area contributed by atoms with Gasteiger partial charge in [-0.05, 0) is 31.0 Å². The third kappa shape index (κ3) is 3.82. The number of nitrogens with one attached hydrogen (secondary N) is 1. The van der Waals surface area contributed by atoms with Crippen LogP contribution in [0.2, 0.25) is 0 Å². The molecule has 0 aliphatic rings. The Morgan fingerprint density at radius 2 is 1.91 bits per heavy atom. The van der Waals surface area contributed by atoms with E-state index in [4.69, 9.17) is 0 Å². The van der Waals surface area contributed by atoms with Gasteiger partial charge in [-0.3, -0.25) is 24.3 Å². The van der Waals surface area contributed by atoms with Gasteiger partial charge >= 0.3 is 0 Å². The zero-order chi connectivity index (χ0) is 17.0. The monoisotopic (exact) mass is 315 g/mol. The molecule has 1 unspecified atom stereocenters. The van der Waals surface area contributed by atoms with Crippen molar-refractivity contribution >= 4 is 17.3 Å². The molecular formula is C16H17N3O4. The molecule has 7 nitrogen and oxygen atoms in total. The molecule has 0 spiro atoms. The fraction of sp³-hybridized carbons (Fsp3) is 0.250. The number of aryl methyl sites for hydroxylation is 1. The molecule has 0 saturated carbocycles. The standard InChI is InChI=1S/C16H17N3O4/c1-3-12-4-6-13(7-5-12)17-16(21)11(2)18-10-14(19(22)23)8-9-15(18)20/h4-11H,3H2,1-2H3,(H,17,21). The Morgan fingerprint density at radius 1 is 1.26 bits per heavy atom. The molecule has 0 bridgehead atoms. The van der Waals surface area contributed by atoms with Gasteiger partial charge in [0.1, 0.15) is 6.04 Å². The maximum absolute atomic E-state index is 12.3. The average Bonchev–Trinajstić information content (AvgIpc) is 2.55. The Labute approximate surface area is 132 Å². The van der Waals surface area contributed by atoms with Crippen LogP contribution in [-0.2, 0) is 11.2 Å². The smallest absolute Gasteiger partial charge is 0.285 e. The van der Waals surface area contributed by atoms with Crippen LogP contribution in [0.3, 0.4) is 0 Å². The zero-order valence-corrected chi connectivity index (χ0v) is 12.9. The lowest BCUT2D eigenvalue weighted by Gasteiger charge is -2.15. The van der Waals surface area contributed by atoms with Crippen LogP contribution in [0.15, 0.2) is 47.4 Å². The number of rotatable bonds is 5. The van der Waals surface area contributed by atoms with Crippen molar-refractivity contribution in [2.24, 2.45) is 0 Å². The molecule has 1 heterocycles. The van der Waals surface area contributed by atoms with Gasteiger partial charge in [0.15, 0.2) is 0 Å². The van der Waals surface area contributed by atoms with Gasteiger partial charge < -0.3 is 5.32 Å². The van der Waals surface area contributed by atoms with Crippen LogP contribution in [0.25, 0.3) is 0 Å².